The van der Waals surface area contributed by atoms with Gasteiger partial charge in [0.25, 0.3) is 0 Å². The smallest absolute Gasteiger partial charge is 0.247 e. The molecule has 1 heterocycles. The molecule has 19 heavy (non-hydrogen) atoms. The summed E-state index contributed by atoms with van der Waals surface area (Å²) in [6.45, 7) is 4.93. The Labute approximate surface area is 112 Å². The molecule has 5 nitrogen and oxygen atoms in total. The number of aliphatic hydroxyl groups excluding tert-OH is 1. The third kappa shape index (κ3) is 3.87. The van der Waals surface area contributed by atoms with Crippen LogP contribution in [0.1, 0.15) is 19.7 Å². The summed E-state index contributed by atoms with van der Waals surface area (Å²) < 4.78 is 5.55. The summed E-state index contributed by atoms with van der Waals surface area (Å²) in [6.07, 6.45) is -0.364. The Morgan fingerprint density at radius 2 is 1.95 bits per heavy atom. The maximum Gasteiger partial charge on any atom is 0.247 e. The van der Waals surface area contributed by atoms with E-state index in [0.29, 0.717) is 24.9 Å². The molecule has 0 aliphatic heterocycles. The number of nitrogens with zero attached hydrogens (tertiary/aromatic N) is 2. The van der Waals surface area contributed by atoms with Crippen LogP contribution in [0.5, 0.6) is 0 Å². The second-order valence-corrected chi connectivity index (χ2v) is 4.81. The predicted molar refractivity (Wildman–Crippen MR) is 72.3 cm³/mol. The fourth-order valence-electron chi connectivity index (χ4n) is 1.59. The Hall–Kier alpha value is -1.72. The van der Waals surface area contributed by atoms with Crippen molar-refractivity contribution >= 4 is 0 Å². The van der Waals surface area contributed by atoms with Crippen molar-refractivity contribution in [2.75, 3.05) is 6.54 Å². The molecule has 0 radical (unpaired) electrons. The topological polar surface area (TPSA) is 71.2 Å². The van der Waals surface area contributed by atoms with Gasteiger partial charge in [-0.15, -0.1) is 10.2 Å². The van der Waals surface area contributed by atoms with Crippen LogP contribution in [0.2, 0.25) is 0 Å². The van der Waals surface area contributed by atoms with Crippen molar-refractivity contribution in [3.63, 3.8) is 0 Å². The maximum absolute atomic E-state index is 9.66. The predicted octanol–water partition coefficient (Wildman–Crippen LogP) is 1.84. The van der Waals surface area contributed by atoms with E-state index in [1.807, 2.05) is 44.2 Å². The van der Waals surface area contributed by atoms with Gasteiger partial charge in [0.15, 0.2) is 0 Å². The van der Waals surface area contributed by atoms with Crippen molar-refractivity contribution in [3.05, 3.63) is 36.2 Å². The van der Waals surface area contributed by atoms with Gasteiger partial charge in [-0.3, -0.25) is 0 Å². The molecular formula is C14H19N3O2. The number of hydrogen-bond acceptors (Lipinski definition) is 5. The molecule has 1 unspecified atom stereocenters. The molecule has 1 aromatic heterocycles. The van der Waals surface area contributed by atoms with Crippen molar-refractivity contribution in [2.24, 2.45) is 5.92 Å². The lowest BCUT2D eigenvalue weighted by molar-refractivity contribution is 0.122. The van der Waals surface area contributed by atoms with E-state index in [0.717, 1.165) is 5.56 Å². The minimum absolute atomic E-state index is 0.232. The van der Waals surface area contributed by atoms with Gasteiger partial charge in [0.2, 0.25) is 11.8 Å². The molecule has 2 aromatic rings. The largest absolute Gasteiger partial charge is 0.419 e. The van der Waals surface area contributed by atoms with E-state index in [4.69, 9.17) is 4.42 Å². The van der Waals surface area contributed by atoms with Crippen LogP contribution in [0.25, 0.3) is 11.5 Å². The van der Waals surface area contributed by atoms with E-state index >= 15 is 0 Å². The molecule has 5 heteroatoms. The fraction of sp³-hybridized carbons (Fsp3) is 0.429. The average molecular weight is 261 g/mol. The first kappa shape index (κ1) is 13.7. The maximum atomic E-state index is 9.66. The van der Waals surface area contributed by atoms with Crippen LogP contribution in [0.3, 0.4) is 0 Å². The minimum atomic E-state index is -0.364. The summed E-state index contributed by atoms with van der Waals surface area (Å²) in [7, 11) is 0. The number of aliphatic hydroxyl groups is 1. The van der Waals surface area contributed by atoms with Gasteiger partial charge in [0, 0.05) is 12.1 Å². The Morgan fingerprint density at radius 3 is 2.63 bits per heavy atom. The molecule has 0 amide bonds. The van der Waals surface area contributed by atoms with Crippen molar-refractivity contribution in [3.8, 4) is 11.5 Å². The van der Waals surface area contributed by atoms with E-state index in [-0.39, 0.29) is 12.0 Å². The van der Waals surface area contributed by atoms with E-state index in [2.05, 4.69) is 15.5 Å². The molecule has 2 N–H and O–H groups in total. The van der Waals surface area contributed by atoms with E-state index in [9.17, 15) is 5.11 Å². The highest BCUT2D eigenvalue weighted by molar-refractivity contribution is 5.51. The number of hydrogen-bond donors (Lipinski definition) is 2. The van der Waals surface area contributed by atoms with Crippen LogP contribution in [0, 0.1) is 5.92 Å². The van der Waals surface area contributed by atoms with Gasteiger partial charge < -0.3 is 14.8 Å². The molecule has 0 fully saturated rings. The van der Waals surface area contributed by atoms with E-state index in [1.54, 1.807) is 0 Å². The van der Waals surface area contributed by atoms with Crippen LogP contribution in [-0.4, -0.2) is 28.0 Å². The average Bonchev–Trinajstić information content (AvgIpc) is 2.88. The Balaban J connectivity index is 1.88. The van der Waals surface area contributed by atoms with Crippen LogP contribution in [-0.2, 0) is 6.54 Å². The highest BCUT2D eigenvalue weighted by Crippen LogP contribution is 2.16. The summed E-state index contributed by atoms with van der Waals surface area (Å²) in [6, 6.07) is 9.64. The van der Waals surface area contributed by atoms with E-state index in [1.165, 1.54) is 0 Å². The molecule has 0 aliphatic rings. The standard InChI is InChI=1S/C14H19N3O2/c1-10(2)12(18)8-15-9-13-16-17-14(19-13)11-6-4-3-5-7-11/h3-7,10,12,15,18H,8-9H2,1-2H3. The molecule has 102 valence electrons. The van der Waals surface area contributed by atoms with Gasteiger partial charge in [-0.25, -0.2) is 0 Å². The van der Waals surface area contributed by atoms with Gasteiger partial charge in [-0.1, -0.05) is 32.0 Å². The minimum Gasteiger partial charge on any atom is -0.419 e. The Morgan fingerprint density at radius 1 is 1.21 bits per heavy atom. The SMILES string of the molecule is CC(C)C(O)CNCc1nnc(-c2ccccc2)o1. The summed E-state index contributed by atoms with van der Waals surface area (Å²) in [5, 5.41) is 20.7. The molecule has 0 aliphatic carbocycles. The lowest BCUT2D eigenvalue weighted by Gasteiger charge is -2.13. The van der Waals surface area contributed by atoms with Crippen LogP contribution < -0.4 is 5.32 Å². The highest BCUT2D eigenvalue weighted by Gasteiger charge is 2.10. The number of aromatic nitrogens is 2. The van der Waals surface area contributed by atoms with E-state index < -0.39 is 0 Å². The summed E-state index contributed by atoms with van der Waals surface area (Å²) in [4.78, 5) is 0. The van der Waals surface area contributed by atoms with Gasteiger partial charge in [-0.2, -0.15) is 0 Å². The van der Waals surface area contributed by atoms with Gasteiger partial charge >= 0.3 is 0 Å². The number of benzene rings is 1. The third-order valence-corrected chi connectivity index (χ3v) is 2.89. The zero-order valence-corrected chi connectivity index (χ0v) is 11.2. The molecule has 2 rings (SSSR count). The Kier molecular flexibility index (Phi) is 4.65. The number of nitrogens with one attached hydrogen (secondary N) is 1. The van der Waals surface area contributed by atoms with Crippen LogP contribution >= 0.6 is 0 Å². The summed E-state index contributed by atoms with van der Waals surface area (Å²) in [5.74, 6) is 1.27. The molecule has 0 saturated heterocycles. The van der Waals surface area contributed by atoms with Crippen molar-refractivity contribution < 1.29 is 9.52 Å². The third-order valence-electron chi connectivity index (χ3n) is 2.89. The molecular weight excluding hydrogens is 242 g/mol. The Bertz CT molecular complexity index is 496. The molecule has 1 atom stereocenters. The quantitative estimate of drug-likeness (QED) is 0.830. The summed E-state index contributed by atoms with van der Waals surface area (Å²) >= 11 is 0. The molecule has 1 aromatic carbocycles. The fourth-order valence-corrected chi connectivity index (χ4v) is 1.59. The molecule has 0 spiro atoms. The lowest BCUT2D eigenvalue weighted by atomic mass is 10.1. The lowest BCUT2D eigenvalue weighted by Crippen LogP contribution is -2.30. The molecule has 0 saturated carbocycles. The van der Waals surface area contributed by atoms with Gasteiger partial charge in [0.05, 0.1) is 12.6 Å². The first-order chi connectivity index (χ1) is 9.16. The van der Waals surface area contributed by atoms with Crippen molar-refractivity contribution in [1.29, 1.82) is 0 Å². The zero-order valence-electron chi connectivity index (χ0n) is 11.2. The van der Waals surface area contributed by atoms with Gasteiger partial charge in [0.1, 0.15) is 0 Å². The second-order valence-electron chi connectivity index (χ2n) is 4.81. The van der Waals surface area contributed by atoms with Gasteiger partial charge in [-0.05, 0) is 18.1 Å². The van der Waals surface area contributed by atoms with Crippen molar-refractivity contribution in [1.82, 2.24) is 15.5 Å². The number of rotatable bonds is 6. The van der Waals surface area contributed by atoms with Crippen LogP contribution in [0.4, 0.5) is 0 Å². The van der Waals surface area contributed by atoms with Crippen molar-refractivity contribution in [2.45, 2.75) is 26.5 Å². The highest BCUT2D eigenvalue weighted by atomic mass is 16.4. The monoisotopic (exact) mass is 261 g/mol. The van der Waals surface area contributed by atoms with Crippen LogP contribution in [0.15, 0.2) is 34.7 Å². The first-order valence-corrected chi connectivity index (χ1v) is 6.43. The second kappa shape index (κ2) is 6.45. The normalized spacial score (nSPS) is 12.8. The zero-order chi connectivity index (χ0) is 13.7. The molecule has 0 bridgehead atoms. The summed E-state index contributed by atoms with van der Waals surface area (Å²) in [5.41, 5.74) is 0.906. The first-order valence-electron chi connectivity index (χ1n) is 6.43.